The van der Waals surface area contributed by atoms with Crippen LogP contribution in [0, 0.1) is 5.92 Å². The first kappa shape index (κ1) is 13.8. The molecule has 0 spiro atoms. The molecule has 2 rings (SSSR count). The third-order valence-corrected chi connectivity index (χ3v) is 3.78. The van der Waals surface area contributed by atoms with Crippen molar-refractivity contribution in [1.82, 2.24) is 9.97 Å². The number of hydrogen-bond acceptors (Lipinski definition) is 4. The monoisotopic (exact) mass is 263 g/mol. The highest BCUT2D eigenvalue weighted by molar-refractivity contribution is 5.77. The number of rotatable bonds is 5. The van der Waals surface area contributed by atoms with Crippen molar-refractivity contribution in [2.45, 2.75) is 51.5 Å². The molecule has 0 saturated heterocycles. The summed E-state index contributed by atoms with van der Waals surface area (Å²) in [6.07, 6.45) is 7.74. The largest absolute Gasteiger partial charge is 0.480 e. The van der Waals surface area contributed by atoms with E-state index in [9.17, 15) is 9.90 Å². The number of anilines is 1. The zero-order valence-corrected chi connectivity index (χ0v) is 11.3. The molecule has 1 aliphatic rings. The minimum Gasteiger partial charge on any atom is -0.480 e. The van der Waals surface area contributed by atoms with Crippen LogP contribution in [-0.4, -0.2) is 27.1 Å². The first-order valence-electron chi connectivity index (χ1n) is 7.01. The van der Waals surface area contributed by atoms with Crippen LogP contribution in [0.15, 0.2) is 12.4 Å². The van der Waals surface area contributed by atoms with Gasteiger partial charge in [-0.1, -0.05) is 26.2 Å². The number of aromatic nitrogens is 2. The lowest BCUT2D eigenvalue weighted by Gasteiger charge is -2.28. The molecular formula is C14H21N3O2. The Morgan fingerprint density at radius 2 is 2.16 bits per heavy atom. The van der Waals surface area contributed by atoms with E-state index in [4.69, 9.17) is 0 Å². The number of aliphatic carboxylic acids is 1. The molecule has 1 heterocycles. The van der Waals surface area contributed by atoms with Crippen LogP contribution in [0.2, 0.25) is 0 Å². The van der Waals surface area contributed by atoms with Gasteiger partial charge < -0.3 is 10.4 Å². The van der Waals surface area contributed by atoms with E-state index in [2.05, 4.69) is 15.3 Å². The van der Waals surface area contributed by atoms with Crippen LogP contribution in [-0.2, 0) is 11.2 Å². The van der Waals surface area contributed by atoms with Crippen molar-refractivity contribution in [3.05, 3.63) is 18.1 Å². The van der Waals surface area contributed by atoms with Gasteiger partial charge in [-0.05, 0) is 25.2 Å². The van der Waals surface area contributed by atoms with Crippen molar-refractivity contribution in [2.75, 3.05) is 5.32 Å². The van der Waals surface area contributed by atoms with E-state index in [1.165, 1.54) is 12.7 Å². The van der Waals surface area contributed by atoms with E-state index >= 15 is 0 Å². The Balaban J connectivity index is 2.08. The third-order valence-electron chi connectivity index (χ3n) is 3.78. The van der Waals surface area contributed by atoms with E-state index in [1.807, 2.05) is 13.0 Å². The van der Waals surface area contributed by atoms with Gasteiger partial charge >= 0.3 is 5.97 Å². The van der Waals surface area contributed by atoms with Crippen LogP contribution >= 0.6 is 0 Å². The van der Waals surface area contributed by atoms with Gasteiger partial charge in [0.2, 0.25) is 0 Å². The highest BCUT2D eigenvalue weighted by Gasteiger charge is 2.29. The van der Waals surface area contributed by atoms with Gasteiger partial charge in [0, 0.05) is 11.8 Å². The van der Waals surface area contributed by atoms with Gasteiger partial charge in [-0.15, -0.1) is 0 Å². The number of carboxylic acid groups (broad SMARTS) is 1. The number of nitrogens with zero attached hydrogens (tertiary/aromatic N) is 2. The Bertz CT molecular complexity index is 430. The van der Waals surface area contributed by atoms with Crippen LogP contribution in [0.25, 0.3) is 0 Å². The second kappa shape index (κ2) is 6.50. The van der Waals surface area contributed by atoms with E-state index < -0.39 is 12.0 Å². The minimum absolute atomic E-state index is 0.200. The summed E-state index contributed by atoms with van der Waals surface area (Å²) in [6, 6.07) is 1.29. The van der Waals surface area contributed by atoms with Crippen molar-refractivity contribution >= 4 is 11.8 Å². The van der Waals surface area contributed by atoms with Crippen LogP contribution in [0.3, 0.4) is 0 Å². The Hall–Kier alpha value is -1.65. The van der Waals surface area contributed by atoms with Crippen molar-refractivity contribution in [3.63, 3.8) is 0 Å². The van der Waals surface area contributed by atoms with E-state index in [0.29, 0.717) is 5.82 Å². The first-order chi connectivity index (χ1) is 9.20. The third kappa shape index (κ3) is 3.66. The smallest absolute Gasteiger partial charge is 0.326 e. The number of aryl methyl sites for hydroxylation is 1. The number of hydrogen-bond donors (Lipinski definition) is 2. The Morgan fingerprint density at radius 3 is 2.79 bits per heavy atom. The Morgan fingerprint density at radius 1 is 1.42 bits per heavy atom. The van der Waals surface area contributed by atoms with Crippen molar-refractivity contribution in [3.8, 4) is 0 Å². The van der Waals surface area contributed by atoms with Gasteiger partial charge in [-0.2, -0.15) is 0 Å². The van der Waals surface area contributed by atoms with Crippen molar-refractivity contribution < 1.29 is 9.90 Å². The number of carbonyl (C=O) groups is 1. The fourth-order valence-corrected chi connectivity index (χ4v) is 2.68. The number of nitrogens with one attached hydrogen (secondary N) is 1. The summed E-state index contributed by atoms with van der Waals surface area (Å²) in [6.45, 7) is 2.02. The second-order valence-electron chi connectivity index (χ2n) is 5.11. The fraction of sp³-hybridized carbons (Fsp3) is 0.643. The van der Waals surface area contributed by atoms with Crippen LogP contribution in [0.5, 0.6) is 0 Å². The summed E-state index contributed by atoms with van der Waals surface area (Å²) in [4.78, 5) is 19.7. The standard InChI is InChI=1S/C14H21N3O2/c1-2-11-8-12(16-9-15-11)17-13(14(18)19)10-6-4-3-5-7-10/h8-10,13H,2-7H2,1H3,(H,18,19)(H,15,16,17). The van der Waals surface area contributed by atoms with E-state index in [-0.39, 0.29) is 5.92 Å². The molecule has 19 heavy (non-hydrogen) atoms. The molecule has 1 atom stereocenters. The Kier molecular flexibility index (Phi) is 4.71. The molecular weight excluding hydrogens is 242 g/mol. The Labute approximate surface area is 113 Å². The molecule has 0 amide bonds. The van der Waals surface area contributed by atoms with Crippen LogP contribution in [0.4, 0.5) is 5.82 Å². The quantitative estimate of drug-likeness (QED) is 0.853. The van der Waals surface area contributed by atoms with Gasteiger partial charge in [0.25, 0.3) is 0 Å². The van der Waals surface area contributed by atoms with E-state index in [1.54, 1.807) is 0 Å². The fourth-order valence-electron chi connectivity index (χ4n) is 2.68. The van der Waals surface area contributed by atoms with Crippen molar-refractivity contribution in [2.24, 2.45) is 5.92 Å². The SMILES string of the molecule is CCc1cc(NC(C(=O)O)C2CCCCC2)ncn1. The number of carboxylic acids is 1. The average Bonchev–Trinajstić information content (AvgIpc) is 2.45. The molecule has 1 unspecified atom stereocenters. The molecule has 0 radical (unpaired) electrons. The maximum atomic E-state index is 11.5. The van der Waals surface area contributed by atoms with Gasteiger partial charge in [0.15, 0.2) is 0 Å². The lowest BCUT2D eigenvalue weighted by Crippen LogP contribution is -2.38. The summed E-state index contributed by atoms with van der Waals surface area (Å²) < 4.78 is 0. The minimum atomic E-state index is -0.788. The van der Waals surface area contributed by atoms with Crippen molar-refractivity contribution in [1.29, 1.82) is 0 Å². The second-order valence-corrected chi connectivity index (χ2v) is 5.11. The van der Waals surface area contributed by atoms with Gasteiger partial charge in [-0.3, -0.25) is 0 Å². The molecule has 1 aromatic rings. The molecule has 2 N–H and O–H groups in total. The molecule has 0 aliphatic heterocycles. The molecule has 5 heteroatoms. The van der Waals surface area contributed by atoms with Gasteiger partial charge in [-0.25, -0.2) is 14.8 Å². The summed E-state index contributed by atoms with van der Waals surface area (Å²) >= 11 is 0. The summed E-state index contributed by atoms with van der Waals surface area (Å²) in [5, 5.41) is 12.5. The summed E-state index contributed by atoms with van der Waals surface area (Å²) in [5.74, 6) is 0.0275. The highest BCUT2D eigenvalue weighted by atomic mass is 16.4. The van der Waals surface area contributed by atoms with Gasteiger partial charge in [0.1, 0.15) is 18.2 Å². The highest BCUT2D eigenvalue weighted by Crippen LogP contribution is 2.28. The first-order valence-corrected chi connectivity index (χ1v) is 7.01. The molecule has 1 aromatic heterocycles. The molecule has 0 bridgehead atoms. The predicted molar refractivity (Wildman–Crippen MR) is 73.0 cm³/mol. The van der Waals surface area contributed by atoms with Crippen LogP contribution < -0.4 is 5.32 Å². The lowest BCUT2D eigenvalue weighted by molar-refractivity contribution is -0.139. The molecule has 0 aromatic carbocycles. The zero-order chi connectivity index (χ0) is 13.7. The molecule has 104 valence electrons. The predicted octanol–water partition coefficient (Wildman–Crippen LogP) is 2.48. The molecule has 1 fully saturated rings. The maximum absolute atomic E-state index is 11.5. The molecule has 1 aliphatic carbocycles. The van der Waals surface area contributed by atoms with Gasteiger partial charge in [0.05, 0.1) is 0 Å². The zero-order valence-electron chi connectivity index (χ0n) is 11.3. The normalized spacial score (nSPS) is 17.9. The topological polar surface area (TPSA) is 75.1 Å². The summed E-state index contributed by atoms with van der Waals surface area (Å²) in [7, 11) is 0. The average molecular weight is 263 g/mol. The lowest BCUT2D eigenvalue weighted by atomic mass is 9.84. The van der Waals surface area contributed by atoms with Crippen LogP contribution in [0.1, 0.15) is 44.7 Å². The maximum Gasteiger partial charge on any atom is 0.326 e. The molecule has 5 nitrogen and oxygen atoms in total. The van der Waals surface area contributed by atoms with E-state index in [0.717, 1.165) is 37.8 Å². The summed E-state index contributed by atoms with van der Waals surface area (Å²) in [5.41, 5.74) is 0.922. The molecule has 1 saturated carbocycles.